The molecule has 20 heavy (non-hydrogen) atoms. The molecule has 3 heteroatoms. The van der Waals surface area contributed by atoms with Crippen molar-refractivity contribution in [2.75, 3.05) is 6.54 Å². The van der Waals surface area contributed by atoms with Crippen molar-refractivity contribution < 1.29 is 4.79 Å². The van der Waals surface area contributed by atoms with Crippen molar-refractivity contribution >= 4 is 16.7 Å². The van der Waals surface area contributed by atoms with Crippen LogP contribution >= 0.6 is 0 Å². The predicted octanol–water partition coefficient (Wildman–Crippen LogP) is 3.18. The molecule has 0 bridgehead atoms. The second-order valence-corrected chi connectivity index (χ2v) is 5.63. The number of carbonyl (C=O) groups is 1. The third kappa shape index (κ3) is 2.34. The minimum atomic E-state index is 0.0707. The van der Waals surface area contributed by atoms with Crippen LogP contribution in [0.1, 0.15) is 36.0 Å². The molecule has 1 aliphatic rings. The maximum Gasteiger partial charge on any atom is 0.168 e. The summed E-state index contributed by atoms with van der Waals surface area (Å²) < 4.78 is 0. The van der Waals surface area contributed by atoms with Crippen molar-refractivity contribution in [3.63, 3.8) is 0 Å². The Morgan fingerprint density at radius 2 is 2.00 bits per heavy atom. The number of Topliss-reactive ketones (excluding diaryl/α,β-unsaturated/α-hetero) is 1. The summed E-state index contributed by atoms with van der Waals surface area (Å²) in [5.74, 6) is 0.626. The second kappa shape index (κ2) is 5.71. The van der Waals surface area contributed by atoms with E-state index in [-0.39, 0.29) is 11.7 Å². The lowest BCUT2D eigenvalue weighted by molar-refractivity contribution is 0.0831. The molecule has 3 nitrogen and oxygen atoms in total. The molecule has 1 aromatic carbocycles. The number of para-hydroxylation sites is 1. The largest absolute Gasteiger partial charge is 0.330 e. The van der Waals surface area contributed by atoms with Gasteiger partial charge in [-0.05, 0) is 37.4 Å². The van der Waals surface area contributed by atoms with Crippen LogP contribution in [0.3, 0.4) is 0 Å². The SMILES string of the molecule is NCC1CCCCC1C(=O)c1cccc2cccnc12. The molecule has 0 aliphatic heterocycles. The first-order valence-corrected chi connectivity index (χ1v) is 7.39. The van der Waals surface area contributed by atoms with Crippen LogP contribution in [-0.2, 0) is 0 Å². The van der Waals surface area contributed by atoms with Crippen molar-refractivity contribution in [1.29, 1.82) is 0 Å². The minimum absolute atomic E-state index is 0.0707. The predicted molar refractivity (Wildman–Crippen MR) is 80.6 cm³/mol. The van der Waals surface area contributed by atoms with Crippen LogP contribution in [0.5, 0.6) is 0 Å². The third-order valence-corrected chi connectivity index (χ3v) is 4.45. The van der Waals surface area contributed by atoms with E-state index in [2.05, 4.69) is 4.98 Å². The number of carbonyl (C=O) groups excluding carboxylic acids is 1. The van der Waals surface area contributed by atoms with Crippen LogP contribution in [0.15, 0.2) is 36.5 Å². The zero-order valence-electron chi connectivity index (χ0n) is 11.6. The van der Waals surface area contributed by atoms with Crippen molar-refractivity contribution in [3.8, 4) is 0 Å². The minimum Gasteiger partial charge on any atom is -0.330 e. The molecule has 104 valence electrons. The van der Waals surface area contributed by atoms with Crippen LogP contribution in [-0.4, -0.2) is 17.3 Å². The quantitative estimate of drug-likeness (QED) is 0.870. The van der Waals surface area contributed by atoms with Gasteiger partial charge in [0.05, 0.1) is 5.52 Å². The van der Waals surface area contributed by atoms with Gasteiger partial charge in [-0.1, -0.05) is 31.0 Å². The summed E-state index contributed by atoms with van der Waals surface area (Å²) in [6.45, 7) is 0.606. The molecule has 0 radical (unpaired) electrons. The van der Waals surface area contributed by atoms with Crippen LogP contribution < -0.4 is 5.73 Å². The van der Waals surface area contributed by atoms with Gasteiger partial charge in [0.1, 0.15) is 0 Å². The van der Waals surface area contributed by atoms with Gasteiger partial charge in [0.25, 0.3) is 0 Å². The zero-order chi connectivity index (χ0) is 13.9. The monoisotopic (exact) mass is 268 g/mol. The van der Waals surface area contributed by atoms with Crippen LogP contribution in [0.2, 0.25) is 0 Å². The van der Waals surface area contributed by atoms with E-state index in [0.29, 0.717) is 12.5 Å². The number of nitrogens with two attached hydrogens (primary N) is 1. The number of nitrogens with zero attached hydrogens (tertiary/aromatic N) is 1. The van der Waals surface area contributed by atoms with E-state index in [9.17, 15) is 4.79 Å². The van der Waals surface area contributed by atoms with Crippen LogP contribution in [0.25, 0.3) is 10.9 Å². The summed E-state index contributed by atoms with van der Waals surface area (Å²) in [4.78, 5) is 17.3. The zero-order valence-corrected chi connectivity index (χ0v) is 11.6. The topological polar surface area (TPSA) is 56.0 Å². The number of aromatic nitrogens is 1. The fourth-order valence-corrected chi connectivity index (χ4v) is 3.34. The average molecular weight is 268 g/mol. The van der Waals surface area contributed by atoms with Crippen molar-refractivity contribution in [3.05, 3.63) is 42.1 Å². The first-order valence-electron chi connectivity index (χ1n) is 7.39. The summed E-state index contributed by atoms with van der Waals surface area (Å²) in [6.07, 6.45) is 6.11. The average Bonchev–Trinajstić information content (AvgIpc) is 2.53. The first-order chi connectivity index (χ1) is 9.81. The van der Waals surface area contributed by atoms with Crippen LogP contribution in [0.4, 0.5) is 0 Å². The fraction of sp³-hybridized carbons (Fsp3) is 0.412. The molecule has 2 atom stereocenters. The van der Waals surface area contributed by atoms with Gasteiger partial charge in [0.2, 0.25) is 0 Å². The molecule has 1 fully saturated rings. The number of fused-ring (bicyclic) bond motifs is 1. The number of hydrogen-bond donors (Lipinski definition) is 1. The van der Waals surface area contributed by atoms with Gasteiger partial charge < -0.3 is 5.73 Å². The van der Waals surface area contributed by atoms with Gasteiger partial charge in [-0.2, -0.15) is 0 Å². The van der Waals surface area contributed by atoms with Gasteiger partial charge in [0, 0.05) is 23.1 Å². The van der Waals surface area contributed by atoms with E-state index in [1.165, 1.54) is 6.42 Å². The summed E-state index contributed by atoms with van der Waals surface area (Å²) in [5.41, 5.74) is 7.43. The number of rotatable bonds is 3. The van der Waals surface area contributed by atoms with Gasteiger partial charge >= 0.3 is 0 Å². The maximum absolute atomic E-state index is 12.9. The van der Waals surface area contributed by atoms with Crippen molar-refractivity contribution in [2.24, 2.45) is 17.6 Å². The van der Waals surface area contributed by atoms with Crippen molar-refractivity contribution in [2.45, 2.75) is 25.7 Å². The lowest BCUT2D eigenvalue weighted by Crippen LogP contribution is -2.32. The number of ketones is 1. The molecule has 0 amide bonds. The third-order valence-electron chi connectivity index (χ3n) is 4.45. The van der Waals surface area contributed by atoms with E-state index in [1.54, 1.807) is 6.20 Å². The lowest BCUT2D eigenvalue weighted by atomic mass is 9.75. The number of hydrogen-bond acceptors (Lipinski definition) is 3. The Morgan fingerprint density at radius 1 is 1.20 bits per heavy atom. The van der Waals surface area contributed by atoms with E-state index >= 15 is 0 Å². The Bertz CT molecular complexity index is 618. The Morgan fingerprint density at radius 3 is 2.85 bits per heavy atom. The molecule has 0 spiro atoms. The normalized spacial score (nSPS) is 22.9. The van der Waals surface area contributed by atoms with E-state index in [1.807, 2.05) is 30.3 Å². The highest BCUT2D eigenvalue weighted by atomic mass is 16.1. The fourth-order valence-electron chi connectivity index (χ4n) is 3.34. The van der Waals surface area contributed by atoms with Gasteiger partial charge in [-0.15, -0.1) is 0 Å². The smallest absolute Gasteiger partial charge is 0.168 e. The van der Waals surface area contributed by atoms with Gasteiger partial charge in [-0.25, -0.2) is 0 Å². The highest BCUT2D eigenvalue weighted by molar-refractivity contribution is 6.07. The molecule has 1 heterocycles. The summed E-state index contributed by atoms with van der Waals surface area (Å²) in [6, 6.07) is 9.75. The molecular weight excluding hydrogens is 248 g/mol. The number of pyridine rings is 1. The second-order valence-electron chi connectivity index (χ2n) is 5.63. The number of benzene rings is 1. The molecule has 3 rings (SSSR count). The summed E-state index contributed by atoms with van der Waals surface area (Å²) in [7, 11) is 0. The van der Waals surface area contributed by atoms with E-state index in [4.69, 9.17) is 5.73 Å². The lowest BCUT2D eigenvalue weighted by Gasteiger charge is -2.29. The van der Waals surface area contributed by atoms with Gasteiger partial charge in [0.15, 0.2) is 5.78 Å². The molecule has 1 aromatic heterocycles. The standard InChI is InChI=1S/C17H20N2O/c18-11-13-5-1-2-8-14(13)17(20)15-9-3-6-12-7-4-10-19-16(12)15/h3-4,6-7,9-10,13-14H,1-2,5,8,11,18H2. The Balaban J connectivity index is 1.99. The van der Waals surface area contributed by atoms with Crippen molar-refractivity contribution in [1.82, 2.24) is 4.98 Å². The first kappa shape index (κ1) is 13.3. The summed E-state index contributed by atoms with van der Waals surface area (Å²) >= 11 is 0. The molecule has 2 aromatic rings. The molecular formula is C17H20N2O. The van der Waals surface area contributed by atoms with E-state index < -0.39 is 0 Å². The molecule has 1 saturated carbocycles. The molecule has 2 N–H and O–H groups in total. The Kier molecular flexibility index (Phi) is 3.79. The highest BCUT2D eigenvalue weighted by Gasteiger charge is 2.31. The van der Waals surface area contributed by atoms with Gasteiger partial charge in [-0.3, -0.25) is 9.78 Å². The Hall–Kier alpha value is -1.74. The molecule has 1 aliphatic carbocycles. The molecule has 0 saturated heterocycles. The Labute approximate surface area is 119 Å². The van der Waals surface area contributed by atoms with E-state index in [0.717, 1.165) is 35.7 Å². The summed E-state index contributed by atoms with van der Waals surface area (Å²) in [5, 5.41) is 1.03. The maximum atomic E-state index is 12.9. The van der Waals surface area contributed by atoms with Crippen LogP contribution in [0, 0.1) is 11.8 Å². The highest BCUT2D eigenvalue weighted by Crippen LogP contribution is 2.33. The molecule has 2 unspecified atom stereocenters.